The number of hydrogen-bond acceptors (Lipinski definition) is 0. The van der Waals surface area contributed by atoms with Gasteiger partial charge in [0.15, 0.2) is 0 Å². The Labute approximate surface area is 69.7 Å². The van der Waals surface area contributed by atoms with Crippen LogP contribution in [0.5, 0.6) is 0 Å². The van der Waals surface area contributed by atoms with Gasteiger partial charge in [0.25, 0.3) is 0 Å². The zero-order valence-electron chi connectivity index (χ0n) is 7.14. The van der Waals surface area contributed by atoms with Crippen molar-refractivity contribution in [3.8, 4) is 0 Å². The average molecular weight is 201 g/mol. The van der Waals surface area contributed by atoms with Gasteiger partial charge in [-0.05, 0) is 0 Å². The monoisotopic (exact) mass is 201 g/mol. The molecule has 0 aromatic carbocycles. The molecule has 0 aromatic heterocycles. The van der Waals surface area contributed by atoms with E-state index >= 15 is 0 Å². The molecule has 10 heavy (non-hydrogen) atoms. The van der Waals surface area contributed by atoms with Crippen LogP contribution in [-0.4, -0.2) is 14.7 Å². The molecule has 0 bridgehead atoms. The molecular formula is C9H18As. The van der Waals surface area contributed by atoms with Gasteiger partial charge in [-0.25, -0.2) is 0 Å². The Kier molecular flexibility index (Phi) is 3.84. The van der Waals surface area contributed by atoms with E-state index in [1.165, 1.54) is 25.7 Å². The first-order valence-corrected chi connectivity index (χ1v) is 9.35. The van der Waals surface area contributed by atoms with E-state index in [-0.39, 0.29) is 14.7 Å². The summed E-state index contributed by atoms with van der Waals surface area (Å²) < 4.78 is 0. The summed E-state index contributed by atoms with van der Waals surface area (Å²) in [5.41, 5.74) is 4.94. The molecule has 1 rings (SSSR count). The fourth-order valence-electron chi connectivity index (χ4n) is 1.66. The molecule has 0 N–H and O–H groups in total. The first-order valence-electron chi connectivity index (χ1n) is 4.27. The number of hydrogen-bond donors (Lipinski definition) is 0. The summed E-state index contributed by atoms with van der Waals surface area (Å²) in [6.07, 6.45) is 8.40. The quantitative estimate of drug-likeness (QED) is 0.602. The van der Waals surface area contributed by atoms with Crippen LogP contribution >= 0.6 is 0 Å². The van der Waals surface area contributed by atoms with Gasteiger partial charge in [-0.1, -0.05) is 0 Å². The van der Waals surface area contributed by atoms with Gasteiger partial charge < -0.3 is 0 Å². The molecule has 1 aliphatic rings. The first kappa shape index (κ1) is 8.65. The zero-order valence-corrected chi connectivity index (χ0v) is 9.01. The third-order valence-corrected chi connectivity index (χ3v) is 4.64. The maximum atomic E-state index is 2.57. The van der Waals surface area contributed by atoms with Gasteiger partial charge >= 0.3 is 69.3 Å². The Morgan fingerprint density at radius 3 is 2.70 bits per heavy atom. The van der Waals surface area contributed by atoms with E-state index in [2.05, 4.69) is 17.8 Å². The van der Waals surface area contributed by atoms with Gasteiger partial charge in [-0.2, -0.15) is 0 Å². The Morgan fingerprint density at radius 2 is 2.20 bits per heavy atom. The molecular weight excluding hydrogens is 183 g/mol. The zero-order chi connectivity index (χ0) is 7.40. The summed E-state index contributed by atoms with van der Waals surface area (Å²) in [7, 11) is 0. The van der Waals surface area contributed by atoms with Crippen LogP contribution in [0.25, 0.3) is 0 Å². The minimum absolute atomic E-state index is 0.333. The van der Waals surface area contributed by atoms with Crippen LogP contribution in [0.1, 0.15) is 25.7 Å². The van der Waals surface area contributed by atoms with E-state index in [9.17, 15) is 0 Å². The van der Waals surface area contributed by atoms with Crippen LogP contribution in [0.2, 0.25) is 16.6 Å². The third-order valence-electron chi connectivity index (χ3n) is 2.13. The van der Waals surface area contributed by atoms with Gasteiger partial charge in [0.1, 0.15) is 0 Å². The molecule has 1 saturated carbocycles. The summed E-state index contributed by atoms with van der Waals surface area (Å²) >= 11 is -0.333. The molecule has 1 fully saturated rings. The van der Waals surface area contributed by atoms with Gasteiger partial charge in [-0.15, -0.1) is 0 Å². The second-order valence-electron chi connectivity index (χ2n) is 3.54. The second-order valence-corrected chi connectivity index (χ2v) is 8.84. The standard InChI is InChI=1S/C9H18As/c1-10(2)8-9-6-4-3-5-7-9/h6,9H,3-5,7-8H2,1-2H3. The average Bonchev–Trinajstić information content (AvgIpc) is 1.88. The normalized spacial score (nSPS) is 21.9. The molecule has 0 nitrogen and oxygen atoms in total. The topological polar surface area (TPSA) is 0 Å². The molecule has 0 heterocycles. The molecule has 1 radical (unpaired) electrons. The Hall–Kier alpha value is 0.558. The molecule has 1 aliphatic carbocycles. The molecule has 1 unspecified atom stereocenters. The maximum absolute atomic E-state index is 2.57. The first-order chi connectivity index (χ1) is 4.79. The van der Waals surface area contributed by atoms with Crippen molar-refractivity contribution in [2.45, 2.75) is 42.3 Å². The van der Waals surface area contributed by atoms with Crippen molar-refractivity contribution in [2.24, 2.45) is 5.92 Å². The molecule has 59 valence electrons. The van der Waals surface area contributed by atoms with Crippen LogP contribution in [0.4, 0.5) is 0 Å². The van der Waals surface area contributed by atoms with E-state index in [0.717, 1.165) is 5.92 Å². The SMILES string of the molecule is C[As](C)CC1[CH]CCCC1. The summed E-state index contributed by atoms with van der Waals surface area (Å²) in [4.78, 5) is 0. The van der Waals surface area contributed by atoms with Crippen molar-refractivity contribution in [2.75, 3.05) is 0 Å². The molecule has 0 amide bonds. The van der Waals surface area contributed by atoms with E-state index in [1.54, 1.807) is 5.21 Å². The Balaban J connectivity index is 2.13. The second kappa shape index (κ2) is 4.44. The van der Waals surface area contributed by atoms with Crippen molar-refractivity contribution in [1.82, 2.24) is 0 Å². The van der Waals surface area contributed by atoms with Crippen LogP contribution in [0.3, 0.4) is 0 Å². The molecule has 0 saturated heterocycles. The van der Waals surface area contributed by atoms with E-state index in [1.807, 2.05) is 0 Å². The van der Waals surface area contributed by atoms with Gasteiger partial charge in [0.05, 0.1) is 0 Å². The fourth-order valence-corrected chi connectivity index (χ4v) is 4.32. The van der Waals surface area contributed by atoms with Gasteiger partial charge in [0, 0.05) is 0 Å². The van der Waals surface area contributed by atoms with E-state index in [4.69, 9.17) is 0 Å². The van der Waals surface area contributed by atoms with Crippen molar-refractivity contribution in [3.63, 3.8) is 0 Å². The number of rotatable bonds is 2. The molecule has 1 atom stereocenters. The van der Waals surface area contributed by atoms with Crippen molar-refractivity contribution < 1.29 is 0 Å². The third kappa shape index (κ3) is 3.10. The molecule has 0 spiro atoms. The molecule has 0 aliphatic heterocycles. The fraction of sp³-hybridized carbons (Fsp3) is 0.889. The van der Waals surface area contributed by atoms with Crippen LogP contribution in [0.15, 0.2) is 0 Å². The van der Waals surface area contributed by atoms with E-state index < -0.39 is 0 Å². The summed E-state index contributed by atoms with van der Waals surface area (Å²) in [5, 5.41) is 1.56. The van der Waals surface area contributed by atoms with E-state index in [0.29, 0.717) is 0 Å². The van der Waals surface area contributed by atoms with Crippen molar-refractivity contribution >= 4 is 14.7 Å². The molecule has 0 aromatic rings. The van der Waals surface area contributed by atoms with Crippen molar-refractivity contribution in [1.29, 1.82) is 0 Å². The summed E-state index contributed by atoms with van der Waals surface area (Å²) in [6, 6.07) is 0. The van der Waals surface area contributed by atoms with Gasteiger partial charge in [0.2, 0.25) is 0 Å². The van der Waals surface area contributed by atoms with Crippen LogP contribution in [-0.2, 0) is 0 Å². The summed E-state index contributed by atoms with van der Waals surface area (Å²) in [5.74, 6) is 1.02. The molecule has 1 heteroatoms. The summed E-state index contributed by atoms with van der Waals surface area (Å²) in [6.45, 7) is 0. The predicted octanol–water partition coefficient (Wildman–Crippen LogP) is 3.14. The van der Waals surface area contributed by atoms with Gasteiger partial charge in [-0.3, -0.25) is 0 Å². The van der Waals surface area contributed by atoms with Crippen molar-refractivity contribution in [3.05, 3.63) is 6.42 Å². The minimum atomic E-state index is -0.333. The Bertz CT molecular complexity index is 82.7. The van der Waals surface area contributed by atoms with Crippen LogP contribution < -0.4 is 0 Å². The predicted molar refractivity (Wildman–Crippen MR) is 48.5 cm³/mol. The van der Waals surface area contributed by atoms with Crippen LogP contribution in [0, 0.1) is 12.3 Å². The Morgan fingerprint density at radius 1 is 1.40 bits per heavy atom.